The molecule has 4 nitrogen and oxygen atoms in total. The summed E-state index contributed by atoms with van der Waals surface area (Å²) >= 11 is 0. The zero-order valence-corrected chi connectivity index (χ0v) is 9.77. The second kappa shape index (κ2) is 6.42. The fourth-order valence-corrected chi connectivity index (χ4v) is 1.47. The van der Waals surface area contributed by atoms with Gasteiger partial charge in [0.2, 0.25) is 0 Å². The minimum Gasteiger partial charge on any atom is -0.466 e. The van der Waals surface area contributed by atoms with Gasteiger partial charge in [-0.1, -0.05) is 0 Å². The Labute approximate surface area is 103 Å². The van der Waals surface area contributed by atoms with Crippen LogP contribution >= 0.6 is 0 Å². The van der Waals surface area contributed by atoms with Gasteiger partial charge in [0.25, 0.3) is 0 Å². The predicted molar refractivity (Wildman–Crippen MR) is 58.6 cm³/mol. The highest BCUT2D eigenvalue weighted by molar-refractivity contribution is 5.70. The molecule has 6 heteroatoms. The van der Waals surface area contributed by atoms with Crippen molar-refractivity contribution in [3.63, 3.8) is 0 Å². The number of hydrogen-bond acceptors (Lipinski definition) is 4. The highest BCUT2D eigenvalue weighted by Gasteiger charge is 2.23. The summed E-state index contributed by atoms with van der Waals surface area (Å²) in [6, 6.07) is 2.43. The molecule has 0 fully saturated rings. The first-order valence-electron chi connectivity index (χ1n) is 5.41. The van der Waals surface area contributed by atoms with E-state index in [1.165, 1.54) is 0 Å². The number of benzene rings is 1. The Hall–Kier alpha value is -1.53. The lowest BCUT2D eigenvalue weighted by Crippen LogP contribution is -2.23. The molecule has 18 heavy (non-hydrogen) atoms. The molecule has 1 aromatic carbocycles. The molecular formula is C12H14F2O4. The topological polar surface area (TPSA) is 66.8 Å². The zero-order chi connectivity index (χ0) is 13.7. The molecule has 0 saturated carbocycles. The molecule has 1 aromatic rings. The Bertz CT molecular complexity index is 402. The summed E-state index contributed by atoms with van der Waals surface area (Å²) in [5.74, 6) is -2.43. The van der Waals surface area contributed by atoms with E-state index in [0.717, 1.165) is 12.1 Å². The van der Waals surface area contributed by atoms with Gasteiger partial charge in [0, 0.05) is 6.07 Å². The van der Waals surface area contributed by atoms with Crippen LogP contribution < -0.4 is 0 Å². The number of aliphatic hydroxyl groups excluding tert-OH is 2. The van der Waals surface area contributed by atoms with E-state index in [2.05, 4.69) is 4.74 Å². The third-order valence-corrected chi connectivity index (χ3v) is 2.27. The van der Waals surface area contributed by atoms with Crippen LogP contribution in [0.4, 0.5) is 8.78 Å². The molecule has 2 atom stereocenters. The monoisotopic (exact) mass is 260 g/mol. The maximum Gasteiger partial charge on any atom is 0.308 e. The lowest BCUT2D eigenvalue weighted by molar-refractivity contribution is -0.147. The molecule has 0 aliphatic rings. The van der Waals surface area contributed by atoms with Crippen LogP contribution in [0.15, 0.2) is 18.2 Å². The van der Waals surface area contributed by atoms with Crippen LogP contribution in [0, 0.1) is 11.6 Å². The molecular weight excluding hydrogens is 246 g/mol. The Morgan fingerprint density at radius 3 is 2.33 bits per heavy atom. The SMILES string of the molecule is CCOC(=O)CC(O)C(O)c1cc(F)cc(F)c1. The third-order valence-electron chi connectivity index (χ3n) is 2.27. The number of esters is 1. The maximum absolute atomic E-state index is 12.9. The molecule has 2 N–H and O–H groups in total. The predicted octanol–water partition coefficient (Wildman–Crippen LogP) is 1.31. The summed E-state index contributed by atoms with van der Waals surface area (Å²) in [7, 11) is 0. The van der Waals surface area contributed by atoms with Crippen molar-refractivity contribution in [2.45, 2.75) is 25.6 Å². The number of rotatable bonds is 5. The van der Waals surface area contributed by atoms with Crippen LogP contribution in [0.25, 0.3) is 0 Å². The van der Waals surface area contributed by atoms with Crippen molar-refractivity contribution in [3.8, 4) is 0 Å². The van der Waals surface area contributed by atoms with Gasteiger partial charge in [-0.15, -0.1) is 0 Å². The third kappa shape index (κ3) is 4.05. The lowest BCUT2D eigenvalue weighted by atomic mass is 10.0. The van der Waals surface area contributed by atoms with Gasteiger partial charge in [0.05, 0.1) is 19.1 Å². The van der Waals surface area contributed by atoms with Crippen LogP contribution in [-0.2, 0) is 9.53 Å². The fraction of sp³-hybridized carbons (Fsp3) is 0.417. The molecule has 0 aliphatic carbocycles. The Morgan fingerprint density at radius 1 is 1.28 bits per heavy atom. The smallest absolute Gasteiger partial charge is 0.308 e. The fourth-order valence-electron chi connectivity index (χ4n) is 1.47. The quantitative estimate of drug-likeness (QED) is 0.783. The minimum atomic E-state index is -1.56. The standard InChI is InChI=1S/C12H14F2O4/c1-2-18-11(16)6-10(15)12(17)7-3-8(13)5-9(14)4-7/h3-5,10,12,15,17H,2,6H2,1H3. The first-order valence-corrected chi connectivity index (χ1v) is 5.41. The van der Waals surface area contributed by atoms with Crippen molar-refractivity contribution < 1.29 is 28.5 Å². The number of halogens is 2. The molecule has 0 amide bonds. The van der Waals surface area contributed by atoms with Gasteiger partial charge in [0.1, 0.15) is 17.7 Å². The van der Waals surface area contributed by atoms with E-state index in [9.17, 15) is 23.8 Å². The lowest BCUT2D eigenvalue weighted by Gasteiger charge is -2.17. The molecule has 100 valence electrons. The molecule has 0 aliphatic heterocycles. The largest absolute Gasteiger partial charge is 0.466 e. The van der Waals surface area contributed by atoms with Crippen molar-refractivity contribution in [1.29, 1.82) is 0 Å². The Morgan fingerprint density at radius 2 is 1.83 bits per heavy atom. The van der Waals surface area contributed by atoms with Crippen molar-refractivity contribution in [2.75, 3.05) is 6.61 Å². The summed E-state index contributed by atoms with van der Waals surface area (Å²) in [6.07, 6.45) is -3.49. The molecule has 0 radical (unpaired) electrons. The average Bonchev–Trinajstić information content (AvgIpc) is 2.26. The average molecular weight is 260 g/mol. The van der Waals surface area contributed by atoms with Crippen molar-refractivity contribution in [1.82, 2.24) is 0 Å². The van der Waals surface area contributed by atoms with Crippen molar-refractivity contribution in [3.05, 3.63) is 35.4 Å². The molecule has 1 rings (SSSR count). The van der Waals surface area contributed by atoms with Gasteiger partial charge in [-0.05, 0) is 24.6 Å². The summed E-state index contributed by atoms with van der Waals surface area (Å²) in [5, 5.41) is 19.2. The highest BCUT2D eigenvalue weighted by Crippen LogP contribution is 2.21. The second-order valence-electron chi connectivity index (χ2n) is 3.72. The van der Waals surface area contributed by atoms with E-state index < -0.39 is 36.2 Å². The normalized spacial score (nSPS) is 14.1. The summed E-state index contributed by atoms with van der Waals surface area (Å²) in [5.41, 5.74) is -0.135. The van der Waals surface area contributed by atoms with Gasteiger partial charge in [-0.3, -0.25) is 4.79 Å². The highest BCUT2D eigenvalue weighted by atomic mass is 19.1. The summed E-state index contributed by atoms with van der Waals surface area (Å²) < 4.78 is 30.4. The van der Waals surface area contributed by atoms with Gasteiger partial charge in [-0.2, -0.15) is 0 Å². The second-order valence-corrected chi connectivity index (χ2v) is 3.72. The molecule has 0 saturated heterocycles. The van der Waals surface area contributed by atoms with Crippen LogP contribution in [0.3, 0.4) is 0 Å². The molecule has 0 spiro atoms. The number of carbonyl (C=O) groups is 1. The molecule has 0 aromatic heterocycles. The van der Waals surface area contributed by atoms with E-state index in [1.54, 1.807) is 6.92 Å². The molecule has 0 heterocycles. The summed E-state index contributed by atoms with van der Waals surface area (Å²) in [4.78, 5) is 11.1. The van der Waals surface area contributed by atoms with Crippen LogP contribution in [-0.4, -0.2) is 28.9 Å². The number of aliphatic hydroxyl groups is 2. The Balaban J connectivity index is 2.73. The maximum atomic E-state index is 12.9. The first kappa shape index (κ1) is 14.5. The van der Waals surface area contributed by atoms with E-state index >= 15 is 0 Å². The van der Waals surface area contributed by atoms with Gasteiger partial charge >= 0.3 is 5.97 Å². The van der Waals surface area contributed by atoms with E-state index in [0.29, 0.717) is 6.07 Å². The zero-order valence-electron chi connectivity index (χ0n) is 9.77. The minimum absolute atomic E-state index is 0.135. The van der Waals surface area contributed by atoms with Gasteiger partial charge < -0.3 is 14.9 Å². The van der Waals surface area contributed by atoms with Crippen molar-refractivity contribution >= 4 is 5.97 Å². The number of hydrogen-bond donors (Lipinski definition) is 2. The molecule has 2 unspecified atom stereocenters. The van der Waals surface area contributed by atoms with Crippen LogP contribution in [0.2, 0.25) is 0 Å². The molecule has 0 bridgehead atoms. The summed E-state index contributed by atoms with van der Waals surface area (Å²) in [6.45, 7) is 1.75. The first-order chi connectivity index (χ1) is 8.43. The van der Waals surface area contributed by atoms with Crippen LogP contribution in [0.5, 0.6) is 0 Å². The number of ether oxygens (including phenoxy) is 1. The van der Waals surface area contributed by atoms with Crippen molar-refractivity contribution in [2.24, 2.45) is 0 Å². The van der Waals surface area contributed by atoms with Crippen LogP contribution in [0.1, 0.15) is 25.0 Å². The van der Waals surface area contributed by atoms with Gasteiger partial charge in [0.15, 0.2) is 0 Å². The number of carbonyl (C=O) groups excluding carboxylic acids is 1. The van der Waals surface area contributed by atoms with E-state index in [-0.39, 0.29) is 12.2 Å². The van der Waals surface area contributed by atoms with E-state index in [4.69, 9.17) is 0 Å². The van der Waals surface area contributed by atoms with E-state index in [1.807, 2.05) is 0 Å². The Kier molecular flexibility index (Phi) is 5.18. The van der Waals surface area contributed by atoms with Gasteiger partial charge in [-0.25, -0.2) is 8.78 Å².